The van der Waals surface area contributed by atoms with Gasteiger partial charge in [-0.15, -0.1) is 5.10 Å². The molecule has 0 spiro atoms. The van der Waals surface area contributed by atoms with Gasteiger partial charge in [0, 0.05) is 18.8 Å². The van der Waals surface area contributed by atoms with E-state index in [2.05, 4.69) is 15.1 Å². The van der Waals surface area contributed by atoms with E-state index in [0.717, 1.165) is 0 Å². The largest absolute Gasteiger partial charge is 0.394 e. The van der Waals surface area contributed by atoms with Crippen molar-refractivity contribution in [2.75, 3.05) is 12.3 Å². The predicted octanol–water partition coefficient (Wildman–Crippen LogP) is -0.951. The normalized spacial score (nSPS) is 28.0. The van der Waals surface area contributed by atoms with Crippen molar-refractivity contribution in [2.24, 2.45) is 0 Å². The smallest absolute Gasteiger partial charge is 0.202 e. The minimum Gasteiger partial charge on any atom is -0.394 e. The number of hydrogen-bond acceptors (Lipinski definition) is 7. The lowest BCUT2D eigenvalue weighted by molar-refractivity contribution is -0.0474. The summed E-state index contributed by atoms with van der Waals surface area (Å²) in [5.41, 5.74) is 6.86. The maximum Gasteiger partial charge on any atom is 0.202 e. The van der Waals surface area contributed by atoms with E-state index in [1.807, 2.05) is 0 Å². The van der Waals surface area contributed by atoms with E-state index in [4.69, 9.17) is 15.6 Å². The molecule has 2 aromatic heterocycles. The van der Waals surface area contributed by atoms with Gasteiger partial charge in [0.05, 0.1) is 12.7 Å². The molecular formula is C10H13N5O3. The van der Waals surface area contributed by atoms with Crippen molar-refractivity contribution in [3.8, 4) is 0 Å². The van der Waals surface area contributed by atoms with Gasteiger partial charge in [0.1, 0.15) is 6.10 Å². The molecule has 8 heteroatoms. The zero-order chi connectivity index (χ0) is 12.7. The number of nitrogen functional groups attached to an aromatic ring is 1. The monoisotopic (exact) mass is 251 g/mol. The molecule has 18 heavy (non-hydrogen) atoms. The third-order valence-electron chi connectivity index (χ3n) is 3.03. The predicted molar refractivity (Wildman–Crippen MR) is 61.4 cm³/mol. The molecule has 0 aliphatic carbocycles. The van der Waals surface area contributed by atoms with Crippen LogP contribution in [0.3, 0.4) is 0 Å². The Kier molecular flexibility index (Phi) is 2.62. The Bertz CT molecular complexity index is 572. The topological polar surface area (TPSA) is 119 Å². The first-order chi connectivity index (χ1) is 8.70. The van der Waals surface area contributed by atoms with Gasteiger partial charge in [-0.1, -0.05) is 0 Å². The Morgan fingerprint density at radius 2 is 2.22 bits per heavy atom. The summed E-state index contributed by atoms with van der Waals surface area (Å²) < 4.78 is 6.93. The minimum atomic E-state index is -0.729. The summed E-state index contributed by atoms with van der Waals surface area (Å²) in [7, 11) is 0. The highest BCUT2D eigenvalue weighted by Crippen LogP contribution is 2.31. The molecule has 0 bridgehead atoms. The van der Waals surface area contributed by atoms with E-state index < -0.39 is 18.4 Å². The van der Waals surface area contributed by atoms with Crippen LogP contribution in [0.4, 0.5) is 5.82 Å². The number of rotatable bonds is 2. The molecular weight excluding hydrogens is 238 g/mol. The molecule has 0 radical (unpaired) electrons. The molecule has 0 amide bonds. The quantitative estimate of drug-likeness (QED) is 0.629. The number of hydrogen-bond donors (Lipinski definition) is 3. The van der Waals surface area contributed by atoms with Crippen LogP contribution in [0.2, 0.25) is 0 Å². The molecule has 0 saturated carbocycles. The molecule has 96 valence electrons. The van der Waals surface area contributed by atoms with Crippen LogP contribution in [0.1, 0.15) is 12.6 Å². The first kappa shape index (κ1) is 11.3. The van der Waals surface area contributed by atoms with Crippen molar-refractivity contribution in [3.63, 3.8) is 0 Å². The van der Waals surface area contributed by atoms with Crippen LogP contribution in [-0.4, -0.2) is 48.8 Å². The number of aliphatic hydroxyl groups is 2. The summed E-state index contributed by atoms with van der Waals surface area (Å²) >= 11 is 0. The van der Waals surface area contributed by atoms with Gasteiger partial charge in [-0.3, -0.25) is 0 Å². The van der Waals surface area contributed by atoms with E-state index in [1.54, 1.807) is 0 Å². The summed E-state index contributed by atoms with van der Waals surface area (Å²) in [4.78, 5) is 8.14. The second-order valence-corrected chi connectivity index (χ2v) is 4.17. The van der Waals surface area contributed by atoms with Crippen molar-refractivity contribution in [1.82, 2.24) is 19.7 Å². The Morgan fingerprint density at radius 1 is 1.44 bits per heavy atom. The molecule has 1 aliphatic heterocycles. The number of nitrogens with two attached hydrogens (primary N) is 1. The van der Waals surface area contributed by atoms with Crippen molar-refractivity contribution in [3.05, 3.63) is 12.4 Å². The van der Waals surface area contributed by atoms with E-state index in [9.17, 15) is 5.11 Å². The van der Waals surface area contributed by atoms with E-state index in [-0.39, 0.29) is 6.61 Å². The Hall–Kier alpha value is -1.77. The zero-order valence-corrected chi connectivity index (χ0v) is 9.47. The van der Waals surface area contributed by atoms with Crippen LogP contribution < -0.4 is 5.73 Å². The standard InChI is InChI=1S/C10H13N5O3/c11-9-8-10(13-2-1-12-8)14-15(9)7-3-5(17)6(4-16)18-7/h1-2,5-7,16-17H,3-4,11H2/t5?,6-,7-/m1/s1. The molecule has 3 rings (SSSR count). The second kappa shape index (κ2) is 4.16. The van der Waals surface area contributed by atoms with Gasteiger partial charge in [-0.2, -0.15) is 0 Å². The highest BCUT2D eigenvalue weighted by Gasteiger charge is 2.36. The van der Waals surface area contributed by atoms with Gasteiger partial charge in [0.2, 0.25) is 5.65 Å². The molecule has 8 nitrogen and oxygen atoms in total. The number of nitrogens with zero attached hydrogens (tertiary/aromatic N) is 4. The van der Waals surface area contributed by atoms with Gasteiger partial charge in [-0.25, -0.2) is 14.6 Å². The number of anilines is 1. The molecule has 1 saturated heterocycles. The fraction of sp³-hybridized carbons (Fsp3) is 0.500. The summed E-state index contributed by atoms with van der Waals surface area (Å²) in [6.07, 6.45) is 1.54. The molecule has 4 N–H and O–H groups in total. The summed E-state index contributed by atoms with van der Waals surface area (Å²) in [5.74, 6) is 0.342. The minimum absolute atomic E-state index is 0.241. The van der Waals surface area contributed by atoms with Crippen LogP contribution >= 0.6 is 0 Å². The van der Waals surface area contributed by atoms with Gasteiger partial charge in [0.25, 0.3) is 0 Å². The fourth-order valence-corrected chi connectivity index (χ4v) is 2.10. The first-order valence-electron chi connectivity index (χ1n) is 5.59. The lowest BCUT2D eigenvalue weighted by Crippen LogP contribution is -2.24. The second-order valence-electron chi connectivity index (χ2n) is 4.17. The van der Waals surface area contributed by atoms with Crippen LogP contribution in [0.5, 0.6) is 0 Å². The molecule has 2 aromatic rings. The van der Waals surface area contributed by atoms with Gasteiger partial charge < -0.3 is 20.7 Å². The number of aromatic nitrogens is 4. The first-order valence-corrected chi connectivity index (χ1v) is 5.59. The molecule has 1 fully saturated rings. The third kappa shape index (κ3) is 1.62. The zero-order valence-electron chi connectivity index (χ0n) is 9.47. The molecule has 0 aromatic carbocycles. The molecule has 3 heterocycles. The average Bonchev–Trinajstić information content (AvgIpc) is 2.91. The van der Waals surface area contributed by atoms with Crippen LogP contribution in [0.15, 0.2) is 12.4 Å². The van der Waals surface area contributed by atoms with Crippen molar-refractivity contribution < 1.29 is 14.9 Å². The Morgan fingerprint density at radius 3 is 2.89 bits per heavy atom. The lowest BCUT2D eigenvalue weighted by atomic mass is 10.2. The van der Waals surface area contributed by atoms with Gasteiger partial charge in [-0.05, 0) is 0 Å². The average molecular weight is 251 g/mol. The van der Waals surface area contributed by atoms with Crippen molar-refractivity contribution in [2.45, 2.75) is 24.9 Å². The van der Waals surface area contributed by atoms with Crippen LogP contribution in [0, 0.1) is 0 Å². The fourth-order valence-electron chi connectivity index (χ4n) is 2.10. The van der Waals surface area contributed by atoms with Crippen molar-refractivity contribution in [1.29, 1.82) is 0 Å². The summed E-state index contributed by atoms with van der Waals surface area (Å²) in [6.45, 7) is -0.241. The number of aliphatic hydroxyl groups excluding tert-OH is 2. The third-order valence-corrected chi connectivity index (χ3v) is 3.03. The van der Waals surface area contributed by atoms with Crippen molar-refractivity contribution >= 4 is 17.0 Å². The number of fused-ring (bicyclic) bond motifs is 1. The Labute approximate surface area is 102 Å². The summed E-state index contributed by atoms with van der Waals surface area (Å²) in [5, 5.41) is 22.9. The highest BCUT2D eigenvalue weighted by atomic mass is 16.5. The van der Waals surface area contributed by atoms with Gasteiger partial charge in [0.15, 0.2) is 17.6 Å². The maximum absolute atomic E-state index is 9.69. The highest BCUT2D eigenvalue weighted by molar-refractivity contribution is 5.81. The van der Waals surface area contributed by atoms with E-state index in [0.29, 0.717) is 23.4 Å². The molecule has 1 aliphatic rings. The molecule has 1 unspecified atom stereocenters. The SMILES string of the molecule is Nc1c2nccnc2nn1[C@H]1CC(O)[C@@H](CO)O1. The van der Waals surface area contributed by atoms with Crippen LogP contribution in [0.25, 0.3) is 11.2 Å². The number of ether oxygens (including phenoxy) is 1. The van der Waals surface area contributed by atoms with E-state index in [1.165, 1.54) is 17.1 Å². The van der Waals surface area contributed by atoms with E-state index >= 15 is 0 Å². The summed E-state index contributed by atoms with van der Waals surface area (Å²) in [6, 6.07) is 0. The lowest BCUT2D eigenvalue weighted by Gasteiger charge is -2.13. The van der Waals surface area contributed by atoms with Gasteiger partial charge >= 0.3 is 0 Å². The maximum atomic E-state index is 9.69. The molecule has 3 atom stereocenters. The Balaban J connectivity index is 1.98. The van der Waals surface area contributed by atoms with Crippen LogP contribution in [-0.2, 0) is 4.74 Å².